The van der Waals surface area contributed by atoms with Crippen LogP contribution in [0.2, 0.25) is 0 Å². The summed E-state index contributed by atoms with van der Waals surface area (Å²) in [6, 6.07) is 2.67. The Morgan fingerprint density at radius 3 is 2.80 bits per heavy atom. The van der Waals surface area contributed by atoms with Crippen molar-refractivity contribution in [2.45, 2.75) is 77.5 Å². The third kappa shape index (κ3) is 5.05. The minimum absolute atomic E-state index is 0.347. The molecule has 0 spiro atoms. The van der Waals surface area contributed by atoms with Gasteiger partial charge >= 0.3 is 0 Å². The van der Waals surface area contributed by atoms with Gasteiger partial charge in [-0.2, -0.15) is 5.10 Å². The molecule has 1 saturated carbocycles. The second-order valence-electron chi connectivity index (χ2n) is 7.25. The third-order valence-electron chi connectivity index (χ3n) is 5.33. The minimum Gasteiger partial charge on any atom is -0.376 e. The summed E-state index contributed by atoms with van der Waals surface area (Å²) < 4.78 is 8.10. The molecule has 6 heteroatoms. The number of nitrogens with zero attached hydrogens (tertiary/aromatic N) is 2. The zero-order chi connectivity index (χ0) is 17.6. The van der Waals surface area contributed by atoms with Crippen LogP contribution in [0.15, 0.2) is 11.2 Å². The fourth-order valence-electron chi connectivity index (χ4n) is 3.86. The highest BCUT2D eigenvalue weighted by Crippen LogP contribution is 2.19. The van der Waals surface area contributed by atoms with Gasteiger partial charge < -0.3 is 14.6 Å². The van der Waals surface area contributed by atoms with E-state index in [4.69, 9.17) is 17.0 Å². The first kappa shape index (κ1) is 18.4. The largest absolute Gasteiger partial charge is 0.376 e. The van der Waals surface area contributed by atoms with Crippen LogP contribution in [0.25, 0.3) is 0 Å². The molecule has 0 unspecified atom stereocenters. The maximum Gasteiger partial charge on any atom is 0.187 e. The van der Waals surface area contributed by atoms with E-state index in [1.54, 1.807) is 0 Å². The zero-order valence-corrected chi connectivity index (χ0v) is 16.2. The molecular formula is C19H30N4OS. The lowest BCUT2D eigenvalue weighted by Gasteiger charge is -2.23. The van der Waals surface area contributed by atoms with Gasteiger partial charge in [0.25, 0.3) is 0 Å². The van der Waals surface area contributed by atoms with Gasteiger partial charge in [0.05, 0.1) is 12.3 Å². The van der Waals surface area contributed by atoms with E-state index in [9.17, 15) is 0 Å². The van der Waals surface area contributed by atoms with E-state index in [0.29, 0.717) is 17.3 Å². The zero-order valence-electron chi connectivity index (χ0n) is 15.4. The predicted molar refractivity (Wildman–Crippen MR) is 106 cm³/mol. The summed E-state index contributed by atoms with van der Waals surface area (Å²) in [7, 11) is 0. The van der Waals surface area contributed by atoms with E-state index in [-0.39, 0.29) is 0 Å². The Balaban J connectivity index is 1.53. The SMILES string of the molecule is Cc1cc(/C=N\NC(=S)NC2CCCCC2)c(C)n1C[C@H]1CCCO1. The highest BCUT2D eigenvalue weighted by atomic mass is 32.1. The summed E-state index contributed by atoms with van der Waals surface area (Å²) in [5.41, 5.74) is 6.57. The Hall–Kier alpha value is -1.40. The van der Waals surface area contributed by atoms with Crippen LogP contribution in [0, 0.1) is 13.8 Å². The molecule has 0 bridgehead atoms. The van der Waals surface area contributed by atoms with Gasteiger partial charge in [0, 0.05) is 36.1 Å². The molecule has 138 valence electrons. The first-order valence-corrected chi connectivity index (χ1v) is 9.92. The Morgan fingerprint density at radius 1 is 1.28 bits per heavy atom. The summed E-state index contributed by atoms with van der Waals surface area (Å²) in [6.45, 7) is 6.11. The third-order valence-corrected chi connectivity index (χ3v) is 5.54. The minimum atomic E-state index is 0.347. The molecule has 0 amide bonds. The van der Waals surface area contributed by atoms with Crippen LogP contribution in [0.4, 0.5) is 0 Å². The number of aryl methyl sites for hydroxylation is 1. The lowest BCUT2D eigenvalue weighted by molar-refractivity contribution is 0.0962. The van der Waals surface area contributed by atoms with Gasteiger partial charge in [0.1, 0.15) is 0 Å². The van der Waals surface area contributed by atoms with Crippen LogP contribution in [0.5, 0.6) is 0 Å². The van der Waals surface area contributed by atoms with Crippen molar-refractivity contribution in [1.82, 2.24) is 15.3 Å². The molecule has 2 aliphatic rings. The molecule has 1 atom stereocenters. The van der Waals surface area contributed by atoms with Crippen LogP contribution in [-0.2, 0) is 11.3 Å². The fraction of sp³-hybridized carbons (Fsp3) is 0.684. The molecule has 5 nitrogen and oxygen atoms in total. The number of thiocarbonyl (C=S) groups is 1. The first-order chi connectivity index (χ1) is 12.1. The fourth-order valence-corrected chi connectivity index (χ4v) is 4.08. The molecule has 1 aliphatic heterocycles. The molecule has 1 aromatic heterocycles. The maximum atomic E-state index is 5.77. The number of hydrogen-bond acceptors (Lipinski definition) is 3. The molecule has 1 saturated heterocycles. The van der Waals surface area contributed by atoms with Gasteiger partial charge in [-0.05, 0) is 57.8 Å². The van der Waals surface area contributed by atoms with Crippen molar-refractivity contribution in [2.24, 2.45) is 5.10 Å². The van der Waals surface area contributed by atoms with Crippen molar-refractivity contribution < 1.29 is 4.74 Å². The lowest BCUT2D eigenvalue weighted by Crippen LogP contribution is -2.40. The molecule has 2 N–H and O–H groups in total. The van der Waals surface area contributed by atoms with Crippen molar-refractivity contribution >= 4 is 23.5 Å². The Kier molecular flexibility index (Phi) is 6.48. The molecule has 0 radical (unpaired) electrons. The molecule has 2 fully saturated rings. The lowest BCUT2D eigenvalue weighted by atomic mass is 9.96. The molecular weight excluding hydrogens is 332 g/mol. The van der Waals surface area contributed by atoms with Gasteiger partial charge in [-0.3, -0.25) is 5.43 Å². The van der Waals surface area contributed by atoms with E-state index in [1.807, 2.05) is 6.21 Å². The van der Waals surface area contributed by atoms with E-state index in [1.165, 1.54) is 49.9 Å². The van der Waals surface area contributed by atoms with Crippen LogP contribution >= 0.6 is 12.2 Å². The number of hydrogen-bond donors (Lipinski definition) is 2. The Morgan fingerprint density at radius 2 is 2.08 bits per heavy atom. The molecule has 25 heavy (non-hydrogen) atoms. The van der Waals surface area contributed by atoms with Crippen LogP contribution in [0.1, 0.15) is 61.9 Å². The molecule has 0 aromatic carbocycles. The first-order valence-electron chi connectivity index (χ1n) is 9.51. The Labute approximate surface area is 156 Å². The van der Waals surface area contributed by atoms with Crippen molar-refractivity contribution in [3.8, 4) is 0 Å². The number of nitrogens with one attached hydrogen (secondary N) is 2. The number of ether oxygens (including phenoxy) is 1. The topological polar surface area (TPSA) is 50.6 Å². The Bertz CT molecular complexity index is 613. The van der Waals surface area contributed by atoms with Crippen LogP contribution in [0.3, 0.4) is 0 Å². The van der Waals surface area contributed by atoms with Crippen molar-refractivity contribution in [2.75, 3.05) is 6.61 Å². The second kappa shape index (κ2) is 8.81. The van der Waals surface area contributed by atoms with E-state index in [0.717, 1.165) is 25.1 Å². The molecule has 1 aliphatic carbocycles. The normalized spacial score (nSPS) is 21.8. The molecule has 1 aromatic rings. The predicted octanol–water partition coefficient (Wildman–Crippen LogP) is 3.41. The second-order valence-corrected chi connectivity index (χ2v) is 7.66. The van der Waals surface area contributed by atoms with Gasteiger partial charge in [0.15, 0.2) is 5.11 Å². The maximum absolute atomic E-state index is 5.77. The van der Waals surface area contributed by atoms with Crippen molar-refractivity contribution in [1.29, 1.82) is 0 Å². The molecule has 2 heterocycles. The van der Waals surface area contributed by atoms with Gasteiger partial charge in [-0.25, -0.2) is 0 Å². The summed E-state index contributed by atoms with van der Waals surface area (Å²) in [5, 5.41) is 8.32. The standard InChI is InChI=1S/C19H30N4OS/c1-14-11-16(15(2)23(14)13-18-9-6-10-24-18)12-20-22-19(25)21-17-7-4-3-5-8-17/h11-12,17-18H,3-10,13H2,1-2H3,(H2,21,22,25)/b20-12-/t18-/m1/s1. The van der Waals surface area contributed by atoms with Crippen molar-refractivity contribution in [3.05, 3.63) is 23.0 Å². The average Bonchev–Trinajstić information content (AvgIpc) is 3.20. The van der Waals surface area contributed by atoms with E-state index in [2.05, 4.69) is 40.3 Å². The van der Waals surface area contributed by atoms with Crippen LogP contribution < -0.4 is 10.7 Å². The monoisotopic (exact) mass is 362 g/mol. The van der Waals surface area contributed by atoms with Crippen molar-refractivity contribution in [3.63, 3.8) is 0 Å². The van der Waals surface area contributed by atoms with Gasteiger partial charge in [-0.1, -0.05) is 19.3 Å². The average molecular weight is 363 g/mol. The summed E-state index contributed by atoms with van der Waals surface area (Å²) >= 11 is 5.35. The van der Waals surface area contributed by atoms with Gasteiger partial charge in [0.2, 0.25) is 0 Å². The highest BCUT2D eigenvalue weighted by Gasteiger charge is 2.18. The smallest absolute Gasteiger partial charge is 0.187 e. The van der Waals surface area contributed by atoms with E-state index >= 15 is 0 Å². The number of rotatable bonds is 5. The summed E-state index contributed by atoms with van der Waals surface area (Å²) in [5.74, 6) is 0. The molecule has 3 rings (SSSR count). The highest BCUT2D eigenvalue weighted by molar-refractivity contribution is 7.80. The summed E-state index contributed by atoms with van der Waals surface area (Å²) in [4.78, 5) is 0. The number of aromatic nitrogens is 1. The van der Waals surface area contributed by atoms with Gasteiger partial charge in [-0.15, -0.1) is 0 Å². The van der Waals surface area contributed by atoms with E-state index < -0.39 is 0 Å². The summed E-state index contributed by atoms with van der Waals surface area (Å²) in [6.07, 6.45) is 10.9. The number of hydrazone groups is 1. The quantitative estimate of drug-likeness (QED) is 0.479. The van der Waals surface area contributed by atoms with Crippen LogP contribution in [-0.4, -0.2) is 34.6 Å².